The van der Waals surface area contributed by atoms with Crippen LogP contribution in [0, 0.1) is 0 Å². The van der Waals surface area contributed by atoms with Crippen molar-refractivity contribution in [3.8, 4) is 0 Å². The molecule has 0 unspecified atom stereocenters. The molecular formula is C4H10N2O4. The van der Waals surface area contributed by atoms with Crippen molar-refractivity contribution >= 4 is 11.9 Å². The van der Waals surface area contributed by atoms with Crippen molar-refractivity contribution < 1.29 is 20.2 Å². The molecule has 6 nitrogen and oxygen atoms in total. The van der Waals surface area contributed by atoms with Crippen LogP contribution in [-0.4, -0.2) is 28.5 Å². The van der Waals surface area contributed by atoms with E-state index in [1.165, 1.54) is 0 Å². The van der Waals surface area contributed by atoms with E-state index in [0.717, 1.165) is 0 Å². The van der Waals surface area contributed by atoms with Gasteiger partial charge in [0.1, 0.15) is 6.04 Å². The number of carbonyl (C=O) groups excluding carboxylic acids is 1. The Balaban J connectivity index is 0. The zero-order chi connectivity index (χ0) is 7.44. The summed E-state index contributed by atoms with van der Waals surface area (Å²) in [7, 11) is 0. The smallest absolute Gasteiger partial charge is 0.321 e. The molecule has 0 spiro atoms. The van der Waals surface area contributed by atoms with E-state index in [4.69, 9.17) is 10.8 Å². The first-order valence-electron chi connectivity index (χ1n) is 2.30. The highest BCUT2D eigenvalue weighted by Crippen LogP contribution is 1.84. The maximum atomic E-state index is 9.99. The summed E-state index contributed by atoms with van der Waals surface area (Å²) in [5, 5.41) is 8.10. The maximum Gasteiger partial charge on any atom is 0.321 e. The van der Waals surface area contributed by atoms with Crippen molar-refractivity contribution in [2.45, 2.75) is 12.5 Å². The standard InChI is InChI=1S/C4H8N2O3.H2O/c5-2(4(8)9)1-3(6)7;/h2H,1,5H2,(H2,6,7)(H,8,9);1H2/t2-;/m1./s1/i1+1,2+1,3+1,4+1;. The van der Waals surface area contributed by atoms with Gasteiger partial charge in [0.2, 0.25) is 5.91 Å². The SMILES string of the molecule is N[13C](=O)[13CH2][13C@@H](N)[13C](=O)O.O. The van der Waals surface area contributed by atoms with Crippen LogP contribution in [0.15, 0.2) is 0 Å². The molecule has 60 valence electrons. The van der Waals surface area contributed by atoms with E-state index in [2.05, 4.69) is 5.73 Å². The van der Waals surface area contributed by atoms with Crippen molar-refractivity contribution in [2.75, 3.05) is 0 Å². The van der Waals surface area contributed by atoms with Gasteiger partial charge in [-0.1, -0.05) is 0 Å². The van der Waals surface area contributed by atoms with Crippen molar-refractivity contribution in [3.63, 3.8) is 0 Å². The molecule has 0 aliphatic rings. The third-order valence-electron chi connectivity index (χ3n) is 0.738. The van der Waals surface area contributed by atoms with E-state index in [-0.39, 0.29) is 11.9 Å². The fourth-order valence-corrected chi connectivity index (χ4v) is 0.304. The monoisotopic (exact) mass is 154 g/mol. The number of primary amides is 1. The molecule has 1 amide bonds. The third kappa shape index (κ3) is 5.01. The Morgan fingerprint density at radius 2 is 1.90 bits per heavy atom. The quantitative estimate of drug-likeness (QED) is 0.385. The molecule has 1 atom stereocenters. The van der Waals surface area contributed by atoms with E-state index < -0.39 is 17.9 Å². The summed E-state index contributed by atoms with van der Waals surface area (Å²) in [6, 6.07) is -1.16. The molecule has 6 heteroatoms. The van der Waals surface area contributed by atoms with Gasteiger partial charge in [-0.3, -0.25) is 9.59 Å². The first kappa shape index (κ1) is 11.6. The minimum Gasteiger partial charge on any atom is -0.480 e. The molecule has 0 aliphatic heterocycles. The van der Waals surface area contributed by atoms with Crippen LogP contribution in [-0.2, 0) is 9.59 Å². The molecule has 0 fully saturated rings. The lowest BCUT2D eigenvalue weighted by molar-refractivity contribution is -0.140. The molecule has 0 rings (SSSR count). The lowest BCUT2D eigenvalue weighted by atomic mass is 11.1. The van der Waals surface area contributed by atoms with Gasteiger partial charge in [0.15, 0.2) is 0 Å². The van der Waals surface area contributed by atoms with Crippen molar-refractivity contribution in [2.24, 2.45) is 11.5 Å². The van der Waals surface area contributed by atoms with Gasteiger partial charge in [0, 0.05) is 0 Å². The van der Waals surface area contributed by atoms with Gasteiger partial charge in [-0.05, 0) is 0 Å². The van der Waals surface area contributed by atoms with Crippen LogP contribution >= 0.6 is 0 Å². The van der Waals surface area contributed by atoms with Crippen molar-refractivity contribution in [1.82, 2.24) is 0 Å². The van der Waals surface area contributed by atoms with Gasteiger partial charge < -0.3 is 22.1 Å². The highest BCUT2D eigenvalue weighted by molar-refractivity contribution is 5.82. The molecule has 0 bridgehead atoms. The molecule has 0 heterocycles. The number of rotatable bonds is 3. The predicted molar refractivity (Wildman–Crippen MR) is 33.0 cm³/mol. The van der Waals surface area contributed by atoms with E-state index in [1.807, 2.05) is 0 Å². The van der Waals surface area contributed by atoms with Crippen LogP contribution in [0.4, 0.5) is 0 Å². The molecule has 0 radical (unpaired) electrons. The Hall–Kier alpha value is -1.14. The Morgan fingerprint density at radius 3 is 2.00 bits per heavy atom. The first-order chi connectivity index (χ1) is 4.04. The average Bonchev–Trinajstić information content (AvgIpc) is 1.63. The molecule has 0 aromatic heterocycles. The number of carbonyl (C=O) groups is 2. The number of hydrogen-bond acceptors (Lipinski definition) is 3. The number of carboxylic acid groups (broad SMARTS) is 1. The van der Waals surface area contributed by atoms with E-state index in [1.54, 1.807) is 0 Å². The summed E-state index contributed by atoms with van der Waals surface area (Å²) in [5.74, 6) is -1.92. The van der Waals surface area contributed by atoms with E-state index in [0.29, 0.717) is 0 Å². The summed E-state index contributed by atoms with van der Waals surface area (Å²) < 4.78 is 0. The minimum atomic E-state index is -1.21. The number of carboxylic acids is 1. The molecular weight excluding hydrogens is 144 g/mol. The molecule has 0 saturated heterocycles. The Morgan fingerprint density at radius 1 is 1.50 bits per heavy atom. The second-order valence-corrected chi connectivity index (χ2v) is 1.62. The lowest BCUT2D eigenvalue weighted by Crippen LogP contribution is -2.34. The number of amides is 1. The topological polar surface area (TPSA) is 138 Å². The molecule has 7 N–H and O–H groups in total. The fourth-order valence-electron chi connectivity index (χ4n) is 0.304. The Labute approximate surface area is 57.1 Å². The highest BCUT2D eigenvalue weighted by Gasteiger charge is 2.13. The largest absolute Gasteiger partial charge is 0.480 e. The molecule has 0 aromatic rings. The Kier molecular flexibility index (Phi) is 5.48. The second-order valence-electron chi connectivity index (χ2n) is 1.62. The summed E-state index contributed by atoms with van der Waals surface area (Å²) >= 11 is 0. The van der Waals surface area contributed by atoms with Crippen molar-refractivity contribution in [3.05, 3.63) is 0 Å². The van der Waals surface area contributed by atoms with Gasteiger partial charge >= 0.3 is 5.97 Å². The predicted octanol–water partition coefficient (Wildman–Crippen LogP) is -2.55. The summed E-state index contributed by atoms with van der Waals surface area (Å²) in [4.78, 5) is 19.9. The second kappa shape index (κ2) is 4.71. The van der Waals surface area contributed by atoms with Gasteiger partial charge in [-0.15, -0.1) is 0 Å². The first-order valence-corrected chi connectivity index (χ1v) is 2.30. The van der Waals surface area contributed by atoms with Crippen LogP contribution in [0.3, 0.4) is 0 Å². The van der Waals surface area contributed by atoms with Crippen LogP contribution in [0.1, 0.15) is 6.42 Å². The van der Waals surface area contributed by atoms with Crippen LogP contribution in [0.25, 0.3) is 0 Å². The van der Waals surface area contributed by atoms with Gasteiger partial charge in [0.25, 0.3) is 0 Å². The summed E-state index contributed by atoms with van der Waals surface area (Å²) in [6.45, 7) is 0. The number of nitrogens with two attached hydrogens (primary N) is 2. The summed E-state index contributed by atoms with van der Waals surface area (Å²) in [5.41, 5.74) is 9.57. The summed E-state index contributed by atoms with van der Waals surface area (Å²) in [6.07, 6.45) is -0.310. The fraction of sp³-hybridized carbons (Fsp3) is 0.500. The van der Waals surface area contributed by atoms with Gasteiger partial charge in [-0.25, -0.2) is 0 Å². The average molecular weight is 154 g/mol. The molecule has 0 saturated carbocycles. The van der Waals surface area contributed by atoms with E-state index in [9.17, 15) is 9.59 Å². The lowest BCUT2D eigenvalue weighted by Gasteiger charge is -1.99. The van der Waals surface area contributed by atoms with E-state index >= 15 is 0 Å². The van der Waals surface area contributed by atoms with Crippen molar-refractivity contribution in [1.29, 1.82) is 0 Å². The minimum absolute atomic E-state index is 0. The number of aliphatic carboxylic acids is 1. The normalized spacial score (nSPS) is 11.3. The number of hydrogen-bond donors (Lipinski definition) is 3. The van der Waals surface area contributed by atoms with Gasteiger partial charge in [-0.2, -0.15) is 0 Å². The molecule has 0 aliphatic carbocycles. The third-order valence-corrected chi connectivity index (χ3v) is 0.738. The molecule has 0 aromatic carbocycles. The Bertz CT molecular complexity index is 135. The van der Waals surface area contributed by atoms with Crippen LogP contribution < -0.4 is 11.5 Å². The van der Waals surface area contributed by atoms with Gasteiger partial charge in [0.05, 0.1) is 6.42 Å². The maximum absolute atomic E-state index is 9.99. The van der Waals surface area contributed by atoms with Crippen LogP contribution in [0.2, 0.25) is 0 Å². The van der Waals surface area contributed by atoms with Crippen LogP contribution in [0.5, 0.6) is 0 Å². The zero-order valence-corrected chi connectivity index (χ0v) is 5.20. The molecule has 10 heavy (non-hydrogen) atoms. The highest BCUT2D eigenvalue weighted by atomic mass is 16.5. The zero-order valence-electron chi connectivity index (χ0n) is 5.20.